The highest BCUT2D eigenvalue weighted by molar-refractivity contribution is 5.82. The van der Waals surface area contributed by atoms with Gasteiger partial charge in [-0.15, -0.1) is 0 Å². The molecule has 2 N–H and O–H groups in total. The Morgan fingerprint density at radius 1 is 1.58 bits per heavy atom. The van der Waals surface area contributed by atoms with Crippen molar-refractivity contribution in [2.45, 2.75) is 26.3 Å². The zero-order chi connectivity index (χ0) is 9.14. The fourth-order valence-electron chi connectivity index (χ4n) is 1.38. The van der Waals surface area contributed by atoms with Gasteiger partial charge in [-0.3, -0.25) is 4.99 Å². The summed E-state index contributed by atoms with van der Waals surface area (Å²) in [6, 6.07) is 0.442. The van der Waals surface area contributed by atoms with E-state index in [0.29, 0.717) is 12.0 Å². The topological polar surface area (TPSA) is 41.6 Å². The number of likely N-dealkylation sites (N-methyl/N-ethyl adjacent to an activating group) is 1. The second kappa shape index (κ2) is 3.90. The Labute approximate surface area is 74.6 Å². The summed E-state index contributed by atoms with van der Waals surface area (Å²) in [4.78, 5) is 6.77. The van der Waals surface area contributed by atoms with Crippen LogP contribution in [0.3, 0.4) is 0 Å². The van der Waals surface area contributed by atoms with Gasteiger partial charge in [-0.1, -0.05) is 13.8 Å². The summed E-state index contributed by atoms with van der Waals surface area (Å²) in [5.41, 5.74) is 5.77. The molecule has 3 heteroatoms. The summed E-state index contributed by atoms with van der Waals surface area (Å²) in [5.74, 6) is 1.19. The lowest BCUT2D eigenvalue weighted by Crippen LogP contribution is -2.23. The van der Waals surface area contributed by atoms with E-state index in [1.165, 1.54) is 0 Å². The number of aliphatic imine (C=N–C) groups is 1. The number of nitrogens with two attached hydrogens (primary N) is 1. The molecule has 1 aliphatic heterocycles. The van der Waals surface area contributed by atoms with Crippen LogP contribution in [-0.2, 0) is 0 Å². The van der Waals surface area contributed by atoms with Gasteiger partial charge in [0.05, 0.1) is 11.9 Å². The molecule has 12 heavy (non-hydrogen) atoms. The van der Waals surface area contributed by atoms with E-state index in [9.17, 15) is 0 Å². The molecule has 0 bridgehead atoms. The molecule has 0 spiro atoms. The standard InChI is InChI=1S/C9H19N3/c1-7(2)9(10)11-8-4-5-12(3)6-8/h7-8H,4-6H2,1-3H3,(H2,10,11). The maximum absolute atomic E-state index is 5.77. The molecule has 0 aliphatic carbocycles. The first-order valence-electron chi connectivity index (χ1n) is 4.61. The van der Waals surface area contributed by atoms with Gasteiger partial charge in [-0.2, -0.15) is 0 Å². The van der Waals surface area contributed by atoms with Crippen molar-refractivity contribution in [1.29, 1.82) is 0 Å². The number of likely N-dealkylation sites (tertiary alicyclic amines) is 1. The van der Waals surface area contributed by atoms with Crippen LogP contribution in [0.5, 0.6) is 0 Å². The van der Waals surface area contributed by atoms with Gasteiger partial charge in [-0.25, -0.2) is 0 Å². The van der Waals surface area contributed by atoms with Gasteiger partial charge >= 0.3 is 0 Å². The molecule has 1 atom stereocenters. The normalized spacial score (nSPS) is 27.0. The van der Waals surface area contributed by atoms with E-state index in [1.807, 2.05) is 0 Å². The SMILES string of the molecule is CC(C)C(N)=NC1CCN(C)C1. The minimum absolute atomic E-state index is 0.385. The lowest BCUT2D eigenvalue weighted by Gasteiger charge is -2.09. The van der Waals surface area contributed by atoms with Crippen molar-refractivity contribution < 1.29 is 0 Å². The summed E-state index contributed by atoms with van der Waals surface area (Å²) in [5, 5.41) is 0. The Morgan fingerprint density at radius 2 is 2.25 bits per heavy atom. The second-order valence-corrected chi connectivity index (χ2v) is 3.91. The van der Waals surface area contributed by atoms with Crippen molar-refractivity contribution in [3.63, 3.8) is 0 Å². The molecule has 3 nitrogen and oxygen atoms in total. The van der Waals surface area contributed by atoms with Gasteiger partial charge in [0.25, 0.3) is 0 Å². The van der Waals surface area contributed by atoms with E-state index in [2.05, 4.69) is 30.8 Å². The van der Waals surface area contributed by atoms with Crippen LogP contribution in [-0.4, -0.2) is 36.9 Å². The summed E-state index contributed by atoms with van der Waals surface area (Å²) in [6.07, 6.45) is 1.16. The zero-order valence-electron chi connectivity index (χ0n) is 8.25. The predicted molar refractivity (Wildman–Crippen MR) is 52.4 cm³/mol. The minimum atomic E-state index is 0.385. The smallest absolute Gasteiger partial charge is 0.0966 e. The van der Waals surface area contributed by atoms with Gasteiger partial charge in [0.2, 0.25) is 0 Å². The molecule has 0 saturated carbocycles. The van der Waals surface area contributed by atoms with Crippen LogP contribution in [0.4, 0.5) is 0 Å². The number of nitrogens with zero attached hydrogens (tertiary/aromatic N) is 2. The highest BCUT2D eigenvalue weighted by atomic mass is 15.1. The van der Waals surface area contributed by atoms with Gasteiger partial charge in [0, 0.05) is 12.5 Å². The molecule has 1 aliphatic rings. The molecule has 0 aromatic heterocycles. The average molecular weight is 169 g/mol. The lowest BCUT2D eigenvalue weighted by atomic mass is 10.2. The van der Waals surface area contributed by atoms with E-state index in [1.54, 1.807) is 0 Å². The largest absolute Gasteiger partial charge is 0.387 e. The number of hydrogen-bond acceptors (Lipinski definition) is 2. The molecule has 1 saturated heterocycles. The van der Waals surface area contributed by atoms with E-state index in [4.69, 9.17) is 5.73 Å². The Kier molecular flexibility index (Phi) is 3.09. The Hall–Kier alpha value is -0.570. The maximum Gasteiger partial charge on any atom is 0.0966 e. The number of hydrogen-bond donors (Lipinski definition) is 1. The third-order valence-electron chi connectivity index (χ3n) is 2.29. The monoisotopic (exact) mass is 169 g/mol. The highest BCUT2D eigenvalue weighted by Gasteiger charge is 2.18. The van der Waals surface area contributed by atoms with Crippen molar-refractivity contribution in [3.8, 4) is 0 Å². The molecule has 70 valence electrons. The fourth-order valence-corrected chi connectivity index (χ4v) is 1.38. The second-order valence-electron chi connectivity index (χ2n) is 3.91. The van der Waals surface area contributed by atoms with Crippen LogP contribution >= 0.6 is 0 Å². The highest BCUT2D eigenvalue weighted by Crippen LogP contribution is 2.10. The van der Waals surface area contributed by atoms with E-state index in [0.717, 1.165) is 25.3 Å². The summed E-state index contributed by atoms with van der Waals surface area (Å²) >= 11 is 0. The van der Waals surface area contributed by atoms with Gasteiger partial charge in [-0.05, 0) is 20.0 Å². The van der Waals surface area contributed by atoms with E-state index < -0.39 is 0 Å². The van der Waals surface area contributed by atoms with Gasteiger partial charge in [0.1, 0.15) is 0 Å². The summed E-state index contributed by atoms with van der Waals surface area (Å²) < 4.78 is 0. The van der Waals surface area contributed by atoms with Gasteiger partial charge in [0.15, 0.2) is 0 Å². The Bertz CT molecular complexity index is 175. The van der Waals surface area contributed by atoms with Crippen LogP contribution in [0.25, 0.3) is 0 Å². The molecule has 0 amide bonds. The molecular formula is C9H19N3. The first-order chi connectivity index (χ1) is 5.59. The molecule has 1 rings (SSSR count). The first kappa shape index (κ1) is 9.52. The van der Waals surface area contributed by atoms with E-state index in [-0.39, 0.29) is 0 Å². The third-order valence-corrected chi connectivity index (χ3v) is 2.29. The minimum Gasteiger partial charge on any atom is -0.387 e. The number of amidine groups is 1. The molecule has 0 aromatic carbocycles. The molecule has 1 fully saturated rings. The van der Waals surface area contributed by atoms with Crippen LogP contribution in [0, 0.1) is 5.92 Å². The van der Waals surface area contributed by atoms with Crippen molar-refractivity contribution in [1.82, 2.24) is 4.90 Å². The third kappa shape index (κ3) is 2.48. The molecule has 1 unspecified atom stereocenters. The maximum atomic E-state index is 5.77. The molecular weight excluding hydrogens is 150 g/mol. The van der Waals surface area contributed by atoms with E-state index >= 15 is 0 Å². The van der Waals surface area contributed by atoms with Crippen LogP contribution < -0.4 is 5.73 Å². The first-order valence-corrected chi connectivity index (χ1v) is 4.61. The Morgan fingerprint density at radius 3 is 2.67 bits per heavy atom. The summed E-state index contributed by atoms with van der Waals surface area (Å²) in [6.45, 7) is 6.38. The zero-order valence-corrected chi connectivity index (χ0v) is 8.25. The summed E-state index contributed by atoms with van der Waals surface area (Å²) in [7, 11) is 2.13. The molecule has 1 heterocycles. The van der Waals surface area contributed by atoms with Gasteiger partial charge < -0.3 is 10.6 Å². The average Bonchev–Trinajstić information content (AvgIpc) is 2.35. The van der Waals surface area contributed by atoms with Crippen molar-refractivity contribution in [3.05, 3.63) is 0 Å². The van der Waals surface area contributed by atoms with Crippen LogP contribution in [0.1, 0.15) is 20.3 Å². The lowest BCUT2D eigenvalue weighted by molar-refractivity contribution is 0.411. The molecule has 0 radical (unpaired) electrons. The van der Waals surface area contributed by atoms with Crippen molar-refractivity contribution in [2.24, 2.45) is 16.6 Å². The van der Waals surface area contributed by atoms with Crippen molar-refractivity contribution >= 4 is 5.84 Å². The predicted octanol–water partition coefficient (Wildman–Crippen LogP) is 0.704. The fraction of sp³-hybridized carbons (Fsp3) is 0.889. The quantitative estimate of drug-likeness (QED) is 0.488. The molecule has 0 aromatic rings. The van der Waals surface area contributed by atoms with Crippen LogP contribution in [0.2, 0.25) is 0 Å². The number of rotatable bonds is 2. The Balaban J connectivity index is 2.45. The van der Waals surface area contributed by atoms with Crippen LogP contribution in [0.15, 0.2) is 4.99 Å². The van der Waals surface area contributed by atoms with Crippen molar-refractivity contribution in [2.75, 3.05) is 20.1 Å².